The van der Waals surface area contributed by atoms with Crippen LogP contribution in [0.5, 0.6) is 11.5 Å². The third-order valence-corrected chi connectivity index (χ3v) is 6.22. The summed E-state index contributed by atoms with van der Waals surface area (Å²) in [5, 5.41) is 0. The number of hydrogen-bond acceptors (Lipinski definition) is 5. The second-order valence-electron chi connectivity index (χ2n) is 8.01. The number of imide groups is 1. The summed E-state index contributed by atoms with van der Waals surface area (Å²) in [7, 11) is 3.13. The summed E-state index contributed by atoms with van der Waals surface area (Å²) >= 11 is 0. The highest BCUT2D eigenvalue weighted by Crippen LogP contribution is 2.39. The van der Waals surface area contributed by atoms with Crippen molar-refractivity contribution in [2.24, 2.45) is 0 Å². The van der Waals surface area contributed by atoms with E-state index in [4.69, 9.17) is 9.47 Å². The molecule has 2 aliphatic rings. The van der Waals surface area contributed by atoms with Gasteiger partial charge in [0.2, 0.25) is 0 Å². The quantitative estimate of drug-likeness (QED) is 0.682. The van der Waals surface area contributed by atoms with E-state index < -0.39 is 0 Å². The predicted octanol–water partition coefficient (Wildman–Crippen LogP) is 4.09. The fourth-order valence-corrected chi connectivity index (χ4v) is 4.38. The van der Waals surface area contributed by atoms with Crippen LogP contribution >= 0.6 is 0 Å². The van der Waals surface area contributed by atoms with Crippen molar-refractivity contribution in [3.8, 4) is 11.5 Å². The molecule has 1 saturated heterocycles. The normalized spacial score (nSPS) is 16.9. The molecule has 2 heterocycles. The summed E-state index contributed by atoms with van der Waals surface area (Å²) in [5.74, 6) is 0.544. The van der Waals surface area contributed by atoms with Crippen molar-refractivity contribution in [2.45, 2.75) is 33.1 Å². The van der Waals surface area contributed by atoms with Gasteiger partial charge in [-0.3, -0.25) is 9.59 Å². The second-order valence-corrected chi connectivity index (χ2v) is 8.01. The number of anilines is 1. The fraction of sp³-hybridized carbons (Fsp3) is 0.360. The van der Waals surface area contributed by atoms with Crippen molar-refractivity contribution in [1.82, 2.24) is 4.90 Å². The average molecular weight is 421 g/mol. The van der Waals surface area contributed by atoms with Gasteiger partial charge in [-0.25, -0.2) is 4.90 Å². The SMILES string of the molecule is COc1ccc(C2=C(N3CCCCC3)C(=O)N(c3cccc(C)c3C)C2=O)cc1OC. The van der Waals surface area contributed by atoms with Gasteiger partial charge in [0, 0.05) is 13.1 Å². The van der Waals surface area contributed by atoms with Crippen LogP contribution in [0.1, 0.15) is 36.0 Å². The molecule has 0 unspecified atom stereocenters. The van der Waals surface area contributed by atoms with Gasteiger partial charge in [0.1, 0.15) is 5.70 Å². The van der Waals surface area contributed by atoms with Crippen LogP contribution in [0, 0.1) is 13.8 Å². The second kappa shape index (κ2) is 8.46. The molecule has 0 saturated carbocycles. The Bertz CT molecular complexity index is 1070. The number of aryl methyl sites for hydroxylation is 1. The highest BCUT2D eigenvalue weighted by molar-refractivity contribution is 6.45. The number of nitrogens with zero attached hydrogens (tertiary/aromatic N) is 2. The van der Waals surface area contributed by atoms with E-state index in [1.54, 1.807) is 26.4 Å². The van der Waals surface area contributed by atoms with Gasteiger partial charge in [-0.2, -0.15) is 0 Å². The molecule has 1 fully saturated rings. The first kappa shape index (κ1) is 21.0. The number of carbonyl (C=O) groups is 2. The molecule has 2 aliphatic heterocycles. The Balaban J connectivity index is 1.87. The van der Waals surface area contributed by atoms with Crippen molar-refractivity contribution in [3.05, 3.63) is 58.8 Å². The van der Waals surface area contributed by atoms with E-state index in [0.29, 0.717) is 34.0 Å². The lowest BCUT2D eigenvalue weighted by molar-refractivity contribution is -0.120. The summed E-state index contributed by atoms with van der Waals surface area (Å²) in [5.41, 5.74) is 4.17. The van der Waals surface area contributed by atoms with Gasteiger partial charge in [-0.1, -0.05) is 18.2 Å². The van der Waals surface area contributed by atoms with Crippen LogP contribution in [-0.4, -0.2) is 44.0 Å². The molecule has 2 amide bonds. The van der Waals surface area contributed by atoms with Crippen LogP contribution in [0.15, 0.2) is 42.1 Å². The van der Waals surface area contributed by atoms with Gasteiger partial charge >= 0.3 is 0 Å². The van der Waals surface area contributed by atoms with Gasteiger partial charge in [0.25, 0.3) is 11.8 Å². The zero-order chi connectivity index (χ0) is 22.1. The summed E-state index contributed by atoms with van der Waals surface area (Å²) in [4.78, 5) is 30.8. The Kier molecular flexibility index (Phi) is 5.72. The third kappa shape index (κ3) is 3.56. The molecule has 0 radical (unpaired) electrons. The molecular weight excluding hydrogens is 392 g/mol. The van der Waals surface area contributed by atoms with Crippen molar-refractivity contribution >= 4 is 23.1 Å². The number of carbonyl (C=O) groups excluding carboxylic acids is 2. The van der Waals surface area contributed by atoms with E-state index in [1.807, 2.05) is 38.1 Å². The van der Waals surface area contributed by atoms with Crippen molar-refractivity contribution in [2.75, 3.05) is 32.2 Å². The van der Waals surface area contributed by atoms with Gasteiger partial charge in [0.15, 0.2) is 11.5 Å². The lowest BCUT2D eigenvalue weighted by Crippen LogP contribution is -2.37. The zero-order valence-corrected chi connectivity index (χ0v) is 18.5. The monoisotopic (exact) mass is 420 g/mol. The smallest absolute Gasteiger partial charge is 0.282 e. The Morgan fingerprint density at radius 3 is 2.23 bits per heavy atom. The van der Waals surface area contributed by atoms with Crippen LogP contribution in [0.25, 0.3) is 5.57 Å². The van der Waals surface area contributed by atoms with E-state index in [0.717, 1.165) is 43.5 Å². The minimum absolute atomic E-state index is 0.259. The number of hydrogen-bond donors (Lipinski definition) is 0. The van der Waals surface area contributed by atoms with E-state index in [9.17, 15) is 9.59 Å². The van der Waals surface area contributed by atoms with Crippen LogP contribution in [0.4, 0.5) is 5.69 Å². The lowest BCUT2D eigenvalue weighted by Gasteiger charge is -2.30. The molecule has 0 aliphatic carbocycles. The Morgan fingerprint density at radius 1 is 0.839 bits per heavy atom. The fourth-order valence-electron chi connectivity index (χ4n) is 4.38. The first-order valence-electron chi connectivity index (χ1n) is 10.6. The zero-order valence-electron chi connectivity index (χ0n) is 18.5. The Labute approximate surface area is 183 Å². The largest absolute Gasteiger partial charge is 0.493 e. The molecule has 0 atom stereocenters. The Morgan fingerprint density at radius 2 is 1.55 bits per heavy atom. The summed E-state index contributed by atoms with van der Waals surface area (Å²) in [6, 6.07) is 11.1. The minimum Gasteiger partial charge on any atom is -0.493 e. The highest BCUT2D eigenvalue weighted by Gasteiger charge is 2.43. The molecular formula is C25H28N2O4. The van der Waals surface area contributed by atoms with Gasteiger partial charge in [0.05, 0.1) is 25.5 Å². The first-order chi connectivity index (χ1) is 15.0. The molecule has 2 aromatic carbocycles. The molecule has 0 bridgehead atoms. The number of methoxy groups -OCH3 is 2. The molecule has 31 heavy (non-hydrogen) atoms. The summed E-state index contributed by atoms with van der Waals surface area (Å²) in [6.07, 6.45) is 3.15. The number of likely N-dealkylation sites (tertiary alicyclic amines) is 1. The minimum atomic E-state index is -0.300. The molecule has 2 aromatic rings. The topological polar surface area (TPSA) is 59.1 Å². The average Bonchev–Trinajstić information content (AvgIpc) is 3.05. The van der Waals surface area contributed by atoms with Crippen LogP contribution in [0.2, 0.25) is 0 Å². The van der Waals surface area contributed by atoms with E-state index in [1.165, 1.54) is 4.90 Å². The van der Waals surface area contributed by atoms with Crippen molar-refractivity contribution in [3.63, 3.8) is 0 Å². The molecule has 4 rings (SSSR count). The lowest BCUT2D eigenvalue weighted by atomic mass is 10.0. The van der Waals surface area contributed by atoms with Crippen LogP contribution in [0.3, 0.4) is 0 Å². The highest BCUT2D eigenvalue weighted by atomic mass is 16.5. The maximum Gasteiger partial charge on any atom is 0.282 e. The Hall–Kier alpha value is -3.28. The van der Waals surface area contributed by atoms with E-state index in [-0.39, 0.29) is 11.8 Å². The van der Waals surface area contributed by atoms with E-state index in [2.05, 4.69) is 4.90 Å². The van der Waals surface area contributed by atoms with Crippen LogP contribution in [-0.2, 0) is 9.59 Å². The van der Waals surface area contributed by atoms with E-state index >= 15 is 0 Å². The van der Waals surface area contributed by atoms with Gasteiger partial charge in [-0.05, 0) is 68.0 Å². The predicted molar refractivity (Wildman–Crippen MR) is 120 cm³/mol. The molecule has 0 spiro atoms. The molecule has 6 nitrogen and oxygen atoms in total. The standard InChI is InChI=1S/C25H28N2O4/c1-16-9-8-10-19(17(16)2)27-24(28)22(18-11-12-20(30-3)21(15-18)31-4)23(25(27)29)26-13-6-5-7-14-26/h8-12,15H,5-7,13-14H2,1-4H3. The molecule has 6 heteroatoms. The molecule has 0 N–H and O–H groups in total. The number of benzene rings is 2. The van der Waals surface area contributed by atoms with Gasteiger partial charge in [-0.15, -0.1) is 0 Å². The number of amides is 2. The van der Waals surface area contributed by atoms with Crippen LogP contribution < -0.4 is 14.4 Å². The number of piperidine rings is 1. The number of ether oxygens (including phenoxy) is 2. The molecule has 162 valence electrons. The third-order valence-electron chi connectivity index (χ3n) is 6.22. The molecule has 0 aromatic heterocycles. The first-order valence-corrected chi connectivity index (χ1v) is 10.6. The maximum atomic E-state index is 13.7. The summed E-state index contributed by atoms with van der Waals surface area (Å²) in [6.45, 7) is 5.47. The summed E-state index contributed by atoms with van der Waals surface area (Å²) < 4.78 is 10.8. The number of rotatable bonds is 5. The van der Waals surface area contributed by atoms with Crippen molar-refractivity contribution < 1.29 is 19.1 Å². The van der Waals surface area contributed by atoms with Crippen molar-refractivity contribution in [1.29, 1.82) is 0 Å². The maximum absolute atomic E-state index is 13.7. The van der Waals surface area contributed by atoms with Gasteiger partial charge < -0.3 is 14.4 Å².